The van der Waals surface area contributed by atoms with Crippen LogP contribution in [0.2, 0.25) is 0 Å². The SMILES string of the molecule is CC(C)COC(=O)Nc1ccc(-c2ccc(O)c3c2C[C@H]2C[C@@H](CCO)[C@@](O)(C(=O)CC(N)=O)C(=O)C2C3=O)cc1. The molecule has 11 nitrogen and oxygen atoms in total. The molecule has 0 aliphatic heterocycles. The van der Waals surface area contributed by atoms with Crippen LogP contribution in [0.15, 0.2) is 36.4 Å². The molecular formula is C30H34N2O9. The van der Waals surface area contributed by atoms with Gasteiger partial charge in [0.1, 0.15) is 5.75 Å². The van der Waals surface area contributed by atoms with Gasteiger partial charge in [-0.15, -0.1) is 0 Å². The Balaban J connectivity index is 1.67. The minimum atomic E-state index is -2.65. The van der Waals surface area contributed by atoms with Gasteiger partial charge in [-0.1, -0.05) is 32.0 Å². The molecule has 41 heavy (non-hydrogen) atoms. The summed E-state index contributed by atoms with van der Waals surface area (Å²) in [5.74, 6) is -7.10. The molecule has 1 fully saturated rings. The summed E-state index contributed by atoms with van der Waals surface area (Å²) in [6.45, 7) is 3.70. The second-order valence-electron chi connectivity index (χ2n) is 11.1. The molecule has 2 aromatic rings. The number of hydrogen-bond acceptors (Lipinski definition) is 9. The highest BCUT2D eigenvalue weighted by Crippen LogP contribution is 2.49. The fraction of sp³-hybridized carbons (Fsp3) is 0.433. The van der Waals surface area contributed by atoms with Gasteiger partial charge in [0, 0.05) is 18.2 Å². The molecule has 0 spiro atoms. The van der Waals surface area contributed by atoms with E-state index in [9.17, 15) is 39.3 Å². The van der Waals surface area contributed by atoms with E-state index in [0.29, 0.717) is 22.4 Å². The van der Waals surface area contributed by atoms with Crippen molar-refractivity contribution in [3.05, 3.63) is 47.5 Å². The Morgan fingerprint density at radius 2 is 1.80 bits per heavy atom. The summed E-state index contributed by atoms with van der Waals surface area (Å²) >= 11 is 0. The van der Waals surface area contributed by atoms with Crippen LogP contribution >= 0.6 is 0 Å². The van der Waals surface area contributed by atoms with Gasteiger partial charge < -0.3 is 25.8 Å². The summed E-state index contributed by atoms with van der Waals surface area (Å²) in [6, 6.07) is 9.82. The van der Waals surface area contributed by atoms with E-state index in [1.807, 2.05) is 13.8 Å². The van der Waals surface area contributed by atoms with Gasteiger partial charge in [-0.25, -0.2) is 4.79 Å². The Kier molecular flexibility index (Phi) is 8.60. The summed E-state index contributed by atoms with van der Waals surface area (Å²) in [5.41, 5.74) is 4.75. The summed E-state index contributed by atoms with van der Waals surface area (Å²) in [4.78, 5) is 63.7. The fourth-order valence-corrected chi connectivity index (χ4v) is 5.94. The maximum Gasteiger partial charge on any atom is 0.411 e. The van der Waals surface area contributed by atoms with E-state index in [4.69, 9.17) is 10.5 Å². The largest absolute Gasteiger partial charge is 0.507 e. The second kappa shape index (κ2) is 11.8. The number of aliphatic hydroxyl groups excluding tert-OH is 1. The Hall–Kier alpha value is -4.09. The summed E-state index contributed by atoms with van der Waals surface area (Å²) < 4.78 is 5.13. The highest BCUT2D eigenvalue weighted by Gasteiger charge is 2.60. The number of benzene rings is 2. The number of nitrogens with one attached hydrogen (secondary N) is 1. The van der Waals surface area contributed by atoms with Crippen LogP contribution in [0.25, 0.3) is 11.1 Å². The number of hydrogen-bond donors (Lipinski definition) is 5. The van der Waals surface area contributed by atoms with Crippen molar-refractivity contribution < 1.29 is 44.0 Å². The lowest BCUT2D eigenvalue weighted by Gasteiger charge is -2.46. The molecular weight excluding hydrogens is 532 g/mol. The van der Waals surface area contributed by atoms with Crippen molar-refractivity contribution >= 4 is 35.0 Å². The Morgan fingerprint density at radius 1 is 1.12 bits per heavy atom. The Morgan fingerprint density at radius 3 is 2.41 bits per heavy atom. The maximum atomic E-state index is 13.7. The van der Waals surface area contributed by atoms with Crippen molar-refractivity contribution in [3.63, 3.8) is 0 Å². The van der Waals surface area contributed by atoms with Crippen molar-refractivity contribution in [1.29, 1.82) is 0 Å². The zero-order valence-electron chi connectivity index (χ0n) is 22.9. The van der Waals surface area contributed by atoms with Crippen molar-refractivity contribution in [2.75, 3.05) is 18.5 Å². The number of phenols is 1. The predicted molar refractivity (Wildman–Crippen MR) is 147 cm³/mol. The van der Waals surface area contributed by atoms with E-state index >= 15 is 0 Å². The number of rotatable bonds is 9. The minimum Gasteiger partial charge on any atom is -0.507 e. The molecule has 2 amide bonds. The highest BCUT2D eigenvalue weighted by molar-refractivity contribution is 6.24. The van der Waals surface area contributed by atoms with Gasteiger partial charge in [-0.05, 0) is 66.0 Å². The van der Waals surface area contributed by atoms with Crippen LogP contribution < -0.4 is 11.1 Å². The van der Waals surface area contributed by atoms with Crippen LogP contribution in [0.3, 0.4) is 0 Å². The number of ketones is 3. The number of carbonyl (C=O) groups excluding carboxylic acids is 5. The zero-order chi connectivity index (χ0) is 30.1. The molecule has 1 unspecified atom stereocenters. The van der Waals surface area contributed by atoms with E-state index in [-0.39, 0.29) is 43.1 Å². The van der Waals surface area contributed by atoms with Crippen molar-refractivity contribution in [3.8, 4) is 16.9 Å². The smallest absolute Gasteiger partial charge is 0.411 e. The first-order chi connectivity index (χ1) is 19.4. The zero-order valence-corrected chi connectivity index (χ0v) is 22.9. The minimum absolute atomic E-state index is 0.0552. The van der Waals surface area contributed by atoms with Gasteiger partial charge in [0.15, 0.2) is 23.0 Å². The summed E-state index contributed by atoms with van der Waals surface area (Å²) in [6.07, 6.45) is -1.33. The normalized spacial score (nSPS) is 23.5. The van der Waals surface area contributed by atoms with Gasteiger partial charge in [-0.2, -0.15) is 0 Å². The third-order valence-corrected chi connectivity index (χ3v) is 7.82. The number of ether oxygens (including phenoxy) is 1. The molecule has 6 N–H and O–H groups in total. The topological polar surface area (TPSA) is 193 Å². The van der Waals surface area contributed by atoms with Crippen LogP contribution in [0, 0.1) is 23.7 Å². The first-order valence-electron chi connectivity index (χ1n) is 13.5. The standard InChI is InChI=1S/C30H34N2O9/c1-15(2)14-41-29(39)32-19-5-3-16(4-6-19)20-7-8-22(34)26-21(20)12-17-11-18(9-10-33)30(40,23(35)13-24(31)36)28(38)25(17)27(26)37/h3-8,15,17-18,25,33-34,40H,9-14H2,1-2H3,(H2,31,36)(H,32,39)/t17-,18-,25?,30-/m1/s1. The van der Waals surface area contributed by atoms with E-state index in [2.05, 4.69) is 5.32 Å². The molecule has 0 radical (unpaired) electrons. The Labute approximate surface area is 236 Å². The number of phenolic OH excluding ortho intramolecular Hbond substituents is 1. The summed E-state index contributed by atoms with van der Waals surface area (Å²) in [5, 5.41) is 34.3. The van der Waals surface area contributed by atoms with Crippen LogP contribution in [-0.4, -0.2) is 63.5 Å². The number of Topliss-reactive ketones (excluding diaryl/α,β-unsaturated/α-hetero) is 3. The first-order valence-corrected chi connectivity index (χ1v) is 13.5. The van der Waals surface area contributed by atoms with Gasteiger partial charge in [0.05, 0.1) is 24.5 Å². The average molecular weight is 567 g/mol. The van der Waals surface area contributed by atoms with Gasteiger partial charge in [0.2, 0.25) is 5.91 Å². The molecule has 1 saturated carbocycles. The third kappa shape index (κ3) is 5.73. The predicted octanol–water partition coefficient (Wildman–Crippen LogP) is 2.38. The first kappa shape index (κ1) is 29.9. The Bertz CT molecular complexity index is 1390. The fourth-order valence-electron chi connectivity index (χ4n) is 5.94. The van der Waals surface area contributed by atoms with Crippen LogP contribution in [0.4, 0.5) is 10.5 Å². The van der Waals surface area contributed by atoms with E-state index in [1.165, 1.54) is 6.07 Å². The number of anilines is 1. The van der Waals surface area contributed by atoms with Gasteiger partial charge in [-0.3, -0.25) is 24.5 Å². The third-order valence-electron chi connectivity index (χ3n) is 7.82. The average Bonchev–Trinajstić information content (AvgIpc) is 2.90. The van der Waals surface area contributed by atoms with Gasteiger partial charge in [0.25, 0.3) is 0 Å². The van der Waals surface area contributed by atoms with Crippen LogP contribution in [0.1, 0.15) is 49.0 Å². The number of nitrogens with two attached hydrogens (primary N) is 1. The number of aromatic hydroxyl groups is 1. The highest BCUT2D eigenvalue weighted by atomic mass is 16.5. The molecule has 0 heterocycles. The number of fused-ring (bicyclic) bond motifs is 2. The number of aliphatic hydroxyl groups is 2. The lowest BCUT2D eigenvalue weighted by atomic mass is 9.57. The molecule has 218 valence electrons. The molecule has 4 atom stereocenters. The maximum absolute atomic E-state index is 13.7. The molecule has 2 aliphatic rings. The van der Waals surface area contributed by atoms with Crippen molar-refractivity contribution in [1.82, 2.24) is 0 Å². The van der Waals surface area contributed by atoms with Crippen molar-refractivity contribution in [2.24, 2.45) is 29.4 Å². The second-order valence-corrected chi connectivity index (χ2v) is 11.1. The molecule has 0 saturated heterocycles. The number of amides is 2. The quantitative estimate of drug-likeness (QED) is 0.283. The molecule has 2 aliphatic carbocycles. The molecule has 0 bridgehead atoms. The molecule has 4 rings (SSSR count). The lowest BCUT2D eigenvalue weighted by Crippen LogP contribution is -2.63. The molecule has 2 aromatic carbocycles. The number of carbonyl (C=O) groups is 5. The van der Waals surface area contributed by atoms with E-state index in [1.54, 1.807) is 30.3 Å². The van der Waals surface area contributed by atoms with Gasteiger partial charge >= 0.3 is 6.09 Å². The van der Waals surface area contributed by atoms with Crippen molar-refractivity contribution in [2.45, 2.75) is 45.1 Å². The summed E-state index contributed by atoms with van der Waals surface area (Å²) in [7, 11) is 0. The molecule has 0 aromatic heterocycles. The lowest BCUT2D eigenvalue weighted by molar-refractivity contribution is -0.167. The molecule has 11 heteroatoms. The van der Waals surface area contributed by atoms with Crippen LogP contribution in [-0.2, 0) is 25.5 Å². The van der Waals surface area contributed by atoms with Crippen LogP contribution in [0.5, 0.6) is 5.75 Å². The monoisotopic (exact) mass is 566 g/mol. The van der Waals surface area contributed by atoms with E-state index < -0.39 is 65.7 Å². The number of primary amides is 1. The van der Waals surface area contributed by atoms with E-state index in [0.717, 1.165) is 0 Å².